The van der Waals surface area contributed by atoms with Gasteiger partial charge in [-0.05, 0) is 12.2 Å². The molecule has 1 aromatic rings. The molecule has 2 rings (SSSR count). The molecule has 1 saturated heterocycles. The monoisotopic (exact) mass is 273 g/mol. The molecule has 0 bridgehead atoms. The van der Waals surface area contributed by atoms with E-state index in [-0.39, 0.29) is 0 Å². The highest BCUT2D eigenvalue weighted by Crippen LogP contribution is 2.12. The average Bonchev–Trinajstić information content (AvgIpc) is 2.69. The van der Waals surface area contributed by atoms with Crippen LogP contribution in [0.15, 0.2) is 12.7 Å². The van der Waals surface area contributed by atoms with Crippen molar-refractivity contribution in [1.29, 1.82) is 0 Å². The van der Waals surface area contributed by atoms with Crippen molar-refractivity contribution in [1.82, 2.24) is 9.78 Å². The van der Waals surface area contributed by atoms with E-state index in [2.05, 4.69) is 17.0 Å². The van der Waals surface area contributed by atoms with E-state index in [1.807, 2.05) is 10.8 Å². The molecule has 7 heteroatoms. The maximum absolute atomic E-state index is 5.33. The molecule has 0 spiro atoms. The predicted octanol–water partition coefficient (Wildman–Crippen LogP) is 0.145. The van der Waals surface area contributed by atoms with Crippen LogP contribution in [0.3, 0.4) is 0 Å². The molecule has 5 nitrogen and oxygen atoms in total. The van der Waals surface area contributed by atoms with Gasteiger partial charge in [-0.1, -0.05) is 17.4 Å². The summed E-state index contributed by atoms with van der Waals surface area (Å²) >= 11 is 6.81. The van der Waals surface area contributed by atoms with Crippen LogP contribution in [-0.2, 0) is 11.4 Å². The van der Waals surface area contributed by atoms with Crippen LogP contribution in [-0.4, -0.2) is 42.6 Å². The number of ether oxygens (including phenoxy) is 1. The molecule has 94 valence electrons. The second-order valence-corrected chi connectivity index (χ2v) is 5.49. The lowest BCUT2D eigenvalue weighted by Gasteiger charge is -2.23. The number of hydrogen-bond donors (Lipinski definition) is 2. The van der Waals surface area contributed by atoms with Crippen molar-refractivity contribution in [2.24, 2.45) is 0 Å². The third-order valence-corrected chi connectivity index (χ3v) is 3.84. The van der Waals surface area contributed by atoms with Gasteiger partial charge in [-0.25, -0.2) is 0 Å². The fraction of sp³-hybridized carbons (Fsp3) is 0.600. The number of nitrogens with zero attached hydrogens (tertiary/aromatic N) is 2. The largest absolute Gasteiger partial charge is 0.370 e. The summed E-state index contributed by atoms with van der Waals surface area (Å²) in [4.78, 5) is 1.47. The second-order valence-electron chi connectivity index (χ2n) is 3.86. The van der Waals surface area contributed by atoms with Crippen molar-refractivity contribution in [3.05, 3.63) is 16.6 Å². The Morgan fingerprint density at radius 1 is 1.59 bits per heavy atom. The van der Waals surface area contributed by atoms with Crippen LogP contribution in [0, 0.1) is 3.95 Å². The molecular weight excluding hydrogens is 256 g/mol. The van der Waals surface area contributed by atoms with Crippen molar-refractivity contribution in [3.63, 3.8) is 0 Å². The molecule has 1 aliphatic heterocycles. The van der Waals surface area contributed by atoms with Gasteiger partial charge in [-0.3, -0.25) is 0 Å². The second kappa shape index (κ2) is 6.25. The van der Waals surface area contributed by atoms with E-state index in [1.54, 1.807) is 0 Å². The lowest BCUT2D eigenvalue weighted by molar-refractivity contribution is -0.930. The van der Waals surface area contributed by atoms with Crippen LogP contribution < -0.4 is 10.2 Å². The van der Waals surface area contributed by atoms with Crippen LogP contribution >= 0.6 is 23.6 Å². The molecule has 0 saturated carbocycles. The molecule has 2 heterocycles. The molecule has 17 heavy (non-hydrogen) atoms. The Labute approximate surface area is 110 Å². The zero-order valence-corrected chi connectivity index (χ0v) is 11.3. The summed E-state index contributed by atoms with van der Waals surface area (Å²) in [6, 6.07) is 0. The maximum Gasteiger partial charge on any atom is 0.205 e. The van der Waals surface area contributed by atoms with Crippen molar-refractivity contribution in [2.75, 3.05) is 38.2 Å². The van der Waals surface area contributed by atoms with Gasteiger partial charge in [0, 0.05) is 6.54 Å². The van der Waals surface area contributed by atoms with Crippen molar-refractivity contribution < 1.29 is 9.64 Å². The summed E-state index contributed by atoms with van der Waals surface area (Å²) in [7, 11) is 0. The molecule has 0 radical (unpaired) electrons. The van der Waals surface area contributed by atoms with Crippen molar-refractivity contribution in [3.8, 4) is 0 Å². The van der Waals surface area contributed by atoms with Gasteiger partial charge >= 0.3 is 0 Å². The summed E-state index contributed by atoms with van der Waals surface area (Å²) in [6.07, 6.45) is 1.81. The van der Waals surface area contributed by atoms with Crippen LogP contribution in [0.1, 0.15) is 0 Å². The van der Waals surface area contributed by atoms with Crippen molar-refractivity contribution >= 4 is 28.7 Å². The molecule has 1 fully saturated rings. The summed E-state index contributed by atoms with van der Waals surface area (Å²) in [5.74, 6) is 0. The number of rotatable bonds is 5. The molecule has 0 atom stereocenters. The summed E-state index contributed by atoms with van der Waals surface area (Å²) < 4.78 is 8.04. The molecule has 0 aromatic carbocycles. The molecular formula is C10H17N4OS2+. The van der Waals surface area contributed by atoms with Crippen LogP contribution in [0.4, 0.5) is 5.13 Å². The van der Waals surface area contributed by atoms with Gasteiger partial charge in [0.15, 0.2) is 10.6 Å². The van der Waals surface area contributed by atoms with E-state index in [1.165, 1.54) is 16.2 Å². The van der Waals surface area contributed by atoms with Crippen LogP contribution in [0.5, 0.6) is 0 Å². The maximum atomic E-state index is 5.33. The van der Waals surface area contributed by atoms with E-state index in [0.717, 1.165) is 42.1 Å². The number of quaternary nitrogens is 1. The molecule has 0 aliphatic carbocycles. The van der Waals surface area contributed by atoms with E-state index in [9.17, 15) is 0 Å². The topological polar surface area (TPSA) is 43.5 Å². The first-order valence-corrected chi connectivity index (χ1v) is 6.86. The SMILES string of the molecule is C=CCNc1nn(C[NH+]2CCOCC2)c(=S)s1. The van der Waals surface area contributed by atoms with Gasteiger partial charge in [0.05, 0.1) is 13.2 Å². The fourth-order valence-corrected chi connectivity index (χ4v) is 2.68. The summed E-state index contributed by atoms with van der Waals surface area (Å²) in [5, 5.41) is 8.48. The number of morpholine rings is 1. The number of hydrogen-bond acceptors (Lipinski definition) is 5. The average molecular weight is 273 g/mol. The third-order valence-electron chi connectivity index (χ3n) is 2.58. The first-order valence-electron chi connectivity index (χ1n) is 5.63. The Balaban J connectivity index is 1.97. The molecule has 1 aromatic heterocycles. The minimum Gasteiger partial charge on any atom is -0.370 e. The minimum absolute atomic E-state index is 0.715. The first kappa shape index (κ1) is 12.7. The van der Waals surface area contributed by atoms with Crippen LogP contribution in [0.2, 0.25) is 0 Å². The summed E-state index contributed by atoms with van der Waals surface area (Å²) in [6.45, 7) is 8.91. The van der Waals surface area contributed by atoms with Gasteiger partial charge in [-0.2, -0.15) is 4.68 Å². The van der Waals surface area contributed by atoms with E-state index < -0.39 is 0 Å². The smallest absolute Gasteiger partial charge is 0.205 e. The molecule has 2 N–H and O–H groups in total. The Hall–Kier alpha value is -0.760. The third kappa shape index (κ3) is 3.60. The van der Waals surface area contributed by atoms with Gasteiger partial charge in [0.2, 0.25) is 5.13 Å². The molecule has 0 amide bonds. The number of nitrogens with one attached hydrogen (secondary N) is 2. The van der Waals surface area contributed by atoms with Gasteiger partial charge in [0.25, 0.3) is 0 Å². The van der Waals surface area contributed by atoms with E-state index in [4.69, 9.17) is 17.0 Å². The molecule has 0 unspecified atom stereocenters. The lowest BCUT2D eigenvalue weighted by Crippen LogP contribution is -3.13. The number of aromatic nitrogens is 2. The fourth-order valence-electron chi connectivity index (χ4n) is 1.67. The van der Waals surface area contributed by atoms with Crippen LogP contribution in [0.25, 0.3) is 0 Å². The Morgan fingerprint density at radius 2 is 2.35 bits per heavy atom. The van der Waals surface area contributed by atoms with E-state index >= 15 is 0 Å². The predicted molar refractivity (Wildman–Crippen MR) is 71.1 cm³/mol. The zero-order chi connectivity index (χ0) is 12.1. The highest BCUT2D eigenvalue weighted by Gasteiger charge is 2.15. The minimum atomic E-state index is 0.715. The first-order chi connectivity index (χ1) is 8.29. The molecule has 1 aliphatic rings. The Morgan fingerprint density at radius 3 is 3.06 bits per heavy atom. The highest BCUT2D eigenvalue weighted by molar-refractivity contribution is 7.73. The standard InChI is InChI=1S/C10H16N4OS2/c1-2-3-11-9-12-14(10(16)17-9)8-13-4-6-15-7-5-13/h2H,1,3-8H2,(H,11,12)/p+1. The Bertz CT molecular complexity index is 422. The lowest BCUT2D eigenvalue weighted by atomic mass is 10.4. The Kier molecular flexibility index (Phi) is 4.66. The van der Waals surface area contributed by atoms with Crippen molar-refractivity contribution in [2.45, 2.75) is 6.67 Å². The number of anilines is 1. The quantitative estimate of drug-likeness (QED) is 0.592. The van der Waals surface area contributed by atoms with Gasteiger partial charge in [-0.15, -0.1) is 11.7 Å². The summed E-state index contributed by atoms with van der Waals surface area (Å²) in [5.41, 5.74) is 0. The zero-order valence-electron chi connectivity index (χ0n) is 9.65. The normalized spacial score (nSPS) is 16.9. The van der Waals surface area contributed by atoms with Gasteiger partial charge in [0.1, 0.15) is 13.1 Å². The van der Waals surface area contributed by atoms with E-state index in [0.29, 0.717) is 6.54 Å². The highest BCUT2D eigenvalue weighted by atomic mass is 32.1. The van der Waals surface area contributed by atoms with Gasteiger partial charge < -0.3 is 15.0 Å².